The Morgan fingerprint density at radius 2 is 1.90 bits per heavy atom. The van der Waals surface area contributed by atoms with E-state index in [9.17, 15) is 13.5 Å². The minimum atomic E-state index is -3.01. The van der Waals surface area contributed by atoms with Gasteiger partial charge in [0.25, 0.3) is 0 Å². The van der Waals surface area contributed by atoms with E-state index in [0.717, 1.165) is 0 Å². The van der Waals surface area contributed by atoms with Crippen molar-refractivity contribution >= 4 is 25.8 Å². The molecule has 2 heterocycles. The van der Waals surface area contributed by atoms with Gasteiger partial charge in [0.05, 0.1) is 17.6 Å². The topological polar surface area (TPSA) is 72.8 Å². The van der Waals surface area contributed by atoms with Crippen LogP contribution in [0.3, 0.4) is 0 Å². The molecule has 2 aliphatic rings. The van der Waals surface area contributed by atoms with E-state index in [0.29, 0.717) is 41.2 Å². The van der Waals surface area contributed by atoms with Crippen molar-refractivity contribution in [2.75, 3.05) is 24.7 Å². The van der Waals surface area contributed by atoms with Gasteiger partial charge in [-0.25, -0.2) is 8.42 Å². The molecule has 7 heteroatoms. The van der Waals surface area contributed by atoms with E-state index < -0.39 is 15.9 Å². The average molecular weight is 363 g/mol. The highest BCUT2D eigenvalue weighted by Crippen LogP contribution is 2.41. The SMILES string of the molecule is O=S1(=O)CCC(C(O)c2cc3c(cc2Br)OCCO3)C1. The molecule has 0 amide bonds. The molecule has 3 rings (SSSR count). The van der Waals surface area contributed by atoms with E-state index in [4.69, 9.17) is 9.47 Å². The number of sulfone groups is 1. The third-order valence-electron chi connectivity index (χ3n) is 3.69. The minimum Gasteiger partial charge on any atom is -0.486 e. The zero-order valence-electron chi connectivity index (χ0n) is 10.7. The van der Waals surface area contributed by atoms with Crippen LogP contribution in [0.5, 0.6) is 11.5 Å². The summed E-state index contributed by atoms with van der Waals surface area (Å²) in [6.07, 6.45) is -0.331. The molecule has 0 aromatic heterocycles. The number of benzene rings is 1. The Morgan fingerprint density at radius 1 is 1.25 bits per heavy atom. The number of aliphatic hydroxyl groups is 1. The standard InChI is InChI=1S/C13H15BrO5S/c14-10-6-12-11(18-2-3-19-12)5-9(10)13(15)8-1-4-20(16,17)7-8/h5-6,8,13,15H,1-4,7H2. The third-order valence-corrected chi connectivity index (χ3v) is 6.17. The minimum absolute atomic E-state index is 0.0368. The van der Waals surface area contributed by atoms with E-state index in [1.165, 1.54) is 0 Å². The summed E-state index contributed by atoms with van der Waals surface area (Å²) < 4.78 is 34.7. The molecule has 0 spiro atoms. The number of fused-ring (bicyclic) bond motifs is 1. The van der Waals surface area contributed by atoms with Gasteiger partial charge >= 0.3 is 0 Å². The molecule has 0 radical (unpaired) electrons. The number of hydrogen-bond acceptors (Lipinski definition) is 5. The van der Waals surface area contributed by atoms with Crippen LogP contribution < -0.4 is 9.47 Å². The van der Waals surface area contributed by atoms with Gasteiger partial charge < -0.3 is 14.6 Å². The van der Waals surface area contributed by atoms with Crippen LogP contribution in [0.1, 0.15) is 18.1 Å². The Morgan fingerprint density at radius 3 is 2.50 bits per heavy atom. The highest BCUT2D eigenvalue weighted by Gasteiger charge is 2.34. The second-order valence-corrected chi connectivity index (χ2v) is 8.21. The van der Waals surface area contributed by atoms with E-state index in [-0.39, 0.29) is 17.4 Å². The van der Waals surface area contributed by atoms with Crippen molar-refractivity contribution in [3.63, 3.8) is 0 Å². The van der Waals surface area contributed by atoms with Gasteiger partial charge in [0, 0.05) is 10.4 Å². The normalized spacial score (nSPS) is 25.4. The molecule has 1 aromatic carbocycles. The van der Waals surface area contributed by atoms with Gasteiger partial charge in [0.15, 0.2) is 21.3 Å². The van der Waals surface area contributed by atoms with Crippen LogP contribution in [0.2, 0.25) is 0 Å². The molecule has 1 aromatic rings. The molecule has 1 fully saturated rings. The fraction of sp³-hybridized carbons (Fsp3) is 0.538. The molecule has 110 valence electrons. The first-order valence-electron chi connectivity index (χ1n) is 6.44. The van der Waals surface area contributed by atoms with Gasteiger partial charge in [0.2, 0.25) is 0 Å². The smallest absolute Gasteiger partial charge is 0.162 e. The van der Waals surface area contributed by atoms with Crippen LogP contribution in [0.15, 0.2) is 16.6 Å². The molecule has 0 aliphatic carbocycles. The van der Waals surface area contributed by atoms with E-state index in [1.54, 1.807) is 12.1 Å². The summed E-state index contributed by atoms with van der Waals surface area (Å²) >= 11 is 3.41. The molecular formula is C13H15BrO5S. The van der Waals surface area contributed by atoms with Gasteiger partial charge in [0.1, 0.15) is 13.2 Å². The average Bonchev–Trinajstić information content (AvgIpc) is 2.77. The molecule has 2 atom stereocenters. The van der Waals surface area contributed by atoms with Gasteiger partial charge in [-0.2, -0.15) is 0 Å². The maximum Gasteiger partial charge on any atom is 0.162 e. The summed E-state index contributed by atoms with van der Waals surface area (Å²) in [5.41, 5.74) is 0.649. The van der Waals surface area contributed by atoms with Crippen molar-refractivity contribution in [1.29, 1.82) is 0 Å². The number of hydrogen-bond donors (Lipinski definition) is 1. The van der Waals surface area contributed by atoms with E-state index in [2.05, 4.69) is 15.9 Å². The summed E-state index contributed by atoms with van der Waals surface area (Å²) in [6.45, 7) is 0.976. The van der Waals surface area contributed by atoms with Crippen LogP contribution >= 0.6 is 15.9 Å². The molecule has 0 bridgehead atoms. The summed E-state index contributed by atoms with van der Waals surface area (Å²) in [7, 11) is -3.01. The highest BCUT2D eigenvalue weighted by molar-refractivity contribution is 9.10. The maximum absolute atomic E-state index is 11.5. The Balaban J connectivity index is 1.90. The van der Waals surface area contributed by atoms with Crippen molar-refractivity contribution in [3.8, 4) is 11.5 Å². The number of rotatable bonds is 2. The highest BCUT2D eigenvalue weighted by atomic mass is 79.9. The van der Waals surface area contributed by atoms with Crippen molar-refractivity contribution in [3.05, 3.63) is 22.2 Å². The Labute approximate surface area is 125 Å². The first kappa shape index (κ1) is 14.2. The second-order valence-electron chi connectivity index (χ2n) is 5.13. The first-order chi connectivity index (χ1) is 9.46. The molecule has 0 saturated carbocycles. The number of halogens is 1. The Hall–Kier alpha value is -0.790. The van der Waals surface area contributed by atoms with Gasteiger partial charge in [-0.05, 0) is 24.1 Å². The van der Waals surface area contributed by atoms with Gasteiger partial charge in [-0.1, -0.05) is 15.9 Å². The fourth-order valence-electron chi connectivity index (χ4n) is 2.63. The molecular weight excluding hydrogens is 348 g/mol. The largest absolute Gasteiger partial charge is 0.486 e. The number of aliphatic hydroxyl groups excluding tert-OH is 1. The van der Waals surface area contributed by atoms with Crippen molar-refractivity contribution < 1.29 is 23.0 Å². The lowest BCUT2D eigenvalue weighted by Crippen LogP contribution is -2.18. The molecule has 2 aliphatic heterocycles. The van der Waals surface area contributed by atoms with Crippen LogP contribution in [0.4, 0.5) is 0 Å². The zero-order valence-corrected chi connectivity index (χ0v) is 13.1. The Bertz CT molecular complexity index is 628. The molecule has 20 heavy (non-hydrogen) atoms. The van der Waals surface area contributed by atoms with E-state index >= 15 is 0 Å². The molecule has 2 unspecified atom stereocenters. The summed E-state index contributed by atoms with van der Waals surface area (Å²) in [5.74, 6) is 1.15. The van der Waals surface area contributed by atoms with Crippen molar-refractivity contribution in [2.45, 2.75) is 12.5 Å². The molecule has 1 N–H and O–H groups in total. The predicted molar refractivity (Wildman–Crippen MR) is 76.9 cm³/mol. The van der Waals surface area contributed by atoms with Crippen LogP contribution in [-0.2, 0) is 9.84 Å². The summed E-state index contributed by atoms with van der Waals surface area (Å²) in [6, 6.07) is 3.49. The lowest BCUT2D eigenvalue weighted by Gasteiger charge is -2.23. The maximum atomic E-state index is 11.5. The van der Waals surface area contributed by atoms with Gasteiger partial charge in [-0.3, -0.25) is 0 Å². The monoisotopic (exact) mass is 362 g/mol. The summed E-state index contributed by atoms with van der Waals surface area (Å²) in [4.78, 5) is 0. The second kappa shape index (κ2) is 5.20. The lowest BCUT2D eigenvalue weighted by molar-refractivity contribution is 0.118. The van der Waals surface area contributed by atoms with Crippen LogP contribution in [0.25, 0.3) is 0 Å². The predicted octanol–water partition coefficient (Wildman–Crippen LogP) is 1.69. The van der Waals surface area contributed by atoms with E-state index in [1.807, 2.05) is 0 Å². The number of ether oxygens (including phenoxy) is 2. The quantitative estimate of drug-likeness (QED) is 0.866. The van der Waals surface area contributed by atoms with Crippen LogP contribution in [0, 0.1) is 5.92 Å². The van der Waals surface area contributed by atoms with Crippen molar-refractivity contribution in [1.82, 2.24) is 0 Å². The first-order valence-corrected chi connectivity index (χ1v) is 9.05. The molecule has 1 saturated heterocycles. The fourth-order valence-corrected chi connectivity index (χ4v) is 5.02. The third kappa shape index (κ3) is 2.66. The zero-order chi connectivity index (χ0) is 14.3. The Kier molecular flexibility index (Phi) is 3.68. The lowest BCUT2D eigenvalue weighted by atomic mass is 9.95. The van der Waals surface area contributed by atoms with Crippen molar-refractivity contribution in [2.24, 2.45) is 5.92 Å². The van der Waals surface area contributed by atoms with Crippen LogP contribution in [-0.4, -0.2) is 38.2 Å². The van der Waals surface area contributed by atoms with Gasteiger partial charge in [-0.15, -0.1) is 0 Å². The molecule has 5 nitrogen and oxygen atoms in total. The summed E-state index contributed by atoms with van der Waals surface area (Å²) in [5, 5.41) is 10.4.